The molecule has 0 aliphatic heterocycles. The van der Waals surface area contributed by atoms with Crippen LogP contribution in [0.1, 0.15) is 5.56 Å². The highest BCUT2D eigenvalue weighted by Crippen LogP contribution is 2.30. The molecule has 1 heterocycles. The number of benzene rings is 1. The van der Waals surface area contributed by atoms with Gasteiger partial charge in [0.1, 0.15) is 10.8 Å². The molecule has 0 bridgehead atoms. The van der Waals surface area contributed by atoms with Crippen molar-refractivity contribution in [3.05, 3.63) is 54.0 Å². The Balaban J connectivity index is 2.09. The Morgan fingerprint density at radius 3 is 2.90 bits per heavy atom. The summed E-state index contributed by atoms with van der Waals surface area (Å²) in [5.74, 6) is -0.198. The molecule has 0 fully saturated rings. The summed E-state index contributed by atoms with van der Waals surface area (Å²) >= 11 is 1.47. The minimum atomic E-state index is -0.198. The molecule has 1 N–H and O–H groups in total. The zero-order valence-electron chi connectivity index (χ0n) is 11.3. The van der Waals surface area contributed by atoms with E-state index in [1.54, 1.807) is 19.4 Å². The molecule has 0 unspecified atom stereocenters. The van der Waals surface area contributed by atoms with Crippen molar-refractivity contribution in [2.75, 3.05) is 20.3 Å². The maximum absolute atomic E-state index is 14.0. The van der Waals surface area contributed by atoms with Crippen LogP contribution >= 0.6 is 11.8 Å². The molecule has 1 aromatic carbocycles. The largest absolute Gasteiger partial charge is 0.383 e. The molecule has 0 spiro atoms. The summed E-state index contributed by atoms with van der Waals surface area (Å²) in [5, 5.41) is 4.03. The van der Waals surface area contributed by atoms with Crippen molar-refractivity contribution in [2.45, 2.75) is 16.5 Å². The van der Waals surface area contributed by atoms with E-state index in [1.807, 2.05) is 24.3 Å². The normalized spacial score (nSPS) is 10.7. The third-order valence-electron chi connectivity index (χ3n) is 2.71. The maximum Gasteiger partial charge on any atom is 0.128 e. The molecule has 0 saturated carbocycles. The summed E-state index contributed by atoms with van der Waals surface area (Å²) < 4.78 is 18.9. The second-order valence-electron chi connectivity index (χ2n) is 4.16. The first-order chi connectivity index (χ1) is 9.81. The quantitative estimate of drug-likeness (QED) is 0.795. The lowest BCUT2D eigenvalue weighted by Gasteiger charge is -2.11. The second-order valence-corrected chi connectivity index (χ2v) is 5.22. The highest BCUT2D eigenvalue weighted by Gasteiger charge is 2.09. The average Bonchev–Trinajstić information content (AvgIpc) is 2.47. The maximum atomic E-state index is 14.0. The number of hydrogen-bond donors (Lipinski definition) is 1. The van der Waals surface area contributed by atoms with E-state index >= 15 is 0 Å². The van der Waals surface area contributed by atoms with Gasteiger partial charge in [-0.1, -0.05) is 23.9 Å². The molecule has 20 heavy (non-hydrogen) atoms. The van der Waals surface area contributed by atoms with Gasteiger partial charge in [-0.05, 0) is 24.3 Å². The molecule has 2 rings (SSSR count). The van der Waals surface area contributed by atoms with Crippen LogP contribution < -0.4 is 5.32 Å². The van der Waals surface area contributed by atoms with Crippen LogP contribution in [0, 0.1) is 5.82 Å². The molecule has 106 valence electrons. The van der Waals surface area contributed by atoms with Crippen LogP contribution in [-0.4, -0.2) is 25.2 Å². The zero-order valence-corrected chi connectivity index (χ0v) is 12.1. The van der Waals surface area contributed by atoms with Crippen molar-refractivity contribution in [2.24, 2.45) is 0 Å². The van der Waals surface area contributed by atoms with Crippen LogP contribution in [0.3, 0.4) is 0 Å². The van der Waals surface area contributed by atoms with Gasteiger partial charge in [-0.15, -0.1) is 0 Å². The molecule has 0 amide bonds. The fourth-order valence-corrected chi connectivity index (χ4v) is 2.64. The summed E-state index contributed by atoms with van der Waals surface area (Å²) in [5.41, 5.74) is 0.666. The molecular weight excluding hydrogens is 275 g/mol. The zero-order chi connectivity index (χ0) is 14.2. The summed E-state index contributed by atoms with van der Waals surface area (Å²) in [6.45, 7) is 1.78. The van der Waals surface area contributed by atoms with E-state index in [9.17, 15) is 4.39 Å². The number of halogens is 1. The first kappa shape index (κ1) is 15.0. The van der Waals surface area contributed by atoms with Gasteiger partial charge in [-0.2, -0.15) is 0 Å². The van der Waals surface area contributed by atoms with Gasteiger partial charge in [0.15, 0.2) is 0 Å². The molecule has 0 radical (unpaired) electrons. The SMILES string of the molecule is COCCNCc1c(F)cccc1Sc1ccccn1. The van der Waals surface area contributed by atoms with Gasteiger partial charge in [0.05, 0.1) is 6.61 Å². The minimum Gasteiger partial charge on any atom is -0.383 e. The Morgan fingerprint density at radius 1 is 1.25 bits per heavy atom. The number of methoxy groups -OCH3 is 1. The van der Waals surface area contributed by atoms with Crippen molar-refractivity contribution in [1.29, 1.82) is 0 Å². The van der Waals surface area contributed by atoms with E-state index in [4.69, 9.17) is 4.74 Å². The Kier molecular flexibility index (Phi) is 5.98. The van der Waals surface area contributed by atoms with Crippen LogP contribution in [-0.2, 0) is 11.3 Å². The molecule has 5 heteroatoms. The van der Waals surface area contributed by atoms with E-state index in [2.05, 4.69) is 10.3 Å². The predicted octanol–water partition coefficient (Wildman–Crippen LogP) is 3.11. The number of nitrogens with one attached hydrogen (secondary N) is 1. The molecule has 3 nitrogen and oxygen atoms in total. The number of rotatable bonds is 7. The lowest BCUT2D eigenvalue weighted by atomic mass is 10.2. The van der Waals surface area contributed by atoms with Gasteiger partial charge in [0, 0.05) is 36.9 Å². The highest BCUT2D eigenvalue weighted by atomic mass is 32.2. The molecule has 2 aromatic rings. The van der Waals surface area contributed by atoms with Crippen molar-refractivity contribution < 1.29 is 9.13 Å². The third kappa shape index (κ3) is 4.30. The first-order valence-corrected chi connectivity index (χ1v) is 7.19. The van der Waals surface area contributed by atoms with Crippen LogP contribution in [0.2, 0.25) is 0 Å². The lowest BCUT2D eigenvalue weighted by Crippen LogP contribution is -2.19. The van der Waals surface area contributed by atoms with E-state index in [0.29, 0.717) is 25.3 Å². The van der Waals surface area contributed by atoms with Crippen molar-refractivity contribution in [1.82, 2.24) is 10.3 Å². The molecular formula is C15H17FN2OS. The number of pyridine rings is 1. The molecule has 0 atom stereocenters. The summed E-state index contributed by atoms with van der Waals surface area (Å²) in [7, 11) is 1.65. The third-order valence-corrected chi connectivity index (χ3v) is 3.77. The highest BCUT2D eigenvalue weighted by molar-refractivity contribution is 7.99. The number of ether oxygens (including phenoxy) is 1. The van der Waals surface area contributed by atoms with Crippen molar-refractivity contribution in [3.63, 3.8) is 0 Å². The van der Waals surface area contributed by atoms with E-state index in [1.165, 1.54) is 17.8 Å². The Labute approximate surface area is 122 Å². The van der Waals surface area contributed by atoms with Crippen LogP contribution in [0.15, 0.2) is 52.5 Å². The van der Waals surface area contributed by atoms with Gasteiger partial charge < -0.3 is 10.1 Å². The molecule has 0 aliphatic carbocycles. The summed E-state index contributed by atoms with van der Waals surface area (Å²) in [6.07, 6.45) is 1.73. The summed E-state index contributed by atoms with van der Waals surface area (Å²) in [6, 6.07) is 10.8. The standard InChI is InChI=1S/C15H17FN2OS/c1-19-10-9-17-11-12-13(16)5-4-6-14(12)20-15-7-2-3-8-18-15/h2-8,17H,9-11H2,1H3. The van der Waals surface area contributed by atoms with Crippen LogP contribution in [0.25, 0.3) is 0 Å². The Hall–Kier alpha value is -1.43. The number of hydrogen-bond acceptors (Lipinski definition) is 4. The van der Waals surface area contributed by atoms with Crippen molar-refractivity contribution in [3.8, 4) is 0 Å². The van der Waals surface area contributed by atoms with E-state index < -0.39 is 0 Å². The fourth-order valence-electron chi connectivity index (χ4n) is 1.71. The summed E-state index contributed by atoms with van der Waals surface area (Å²) in [4.78, 5) is 5.14. The number of nitrogens with zero attached hydrogens (tertiary/aromatic N) is 1. The average molecular weight is 292 g/mol. The topological polar surface area (TPSA) is 34.1 Å². The van der Waals surface area contributed by atoms with Gasteiger partial charge in [0.25, 0.3) is 0 Å². The van der Waals surface area contributed by atoms with E-state index in [0.717, 1.165) is 9.92 Å². The Morgan fingerprint density at radius 2 is 2.15 bits per heavy atom. The van der Waals surface area contributed by atoms with Gasteiger partial charge >= 0.3 is 0 Å². The minimum absolute atomic E-state index is 0.198. The Bertz CT molecular complexity index is 537. The van der Waals surface area contributed by atoms with Crippen LogP contribution in [0.4, 0.5) is 4.39 Å². The molecule has 0 saturated heterocycles. The fraction of sp³-hybridized carbons (Fsp3) is 0.267. The van der Waals surface area contributed by atoms with Crippen LogP contribution in [0.5, 0.6) is 0 Å². The lowest BCUT2D eigenvalue weighted by molar-refractivity contribution is 0.199. The number of aromatic nitrogens is 1. The predicted molar refractivity (Wildman–Crippen MR) is 78.3 cm³/mol. The van der Waals surface area contributed by atoms with Gasteiger partial charge in [0.2, 0.25) is 0 Å². The van der Waals surface area contributed by atoms with Gasteiger partial charge in [-0.25, -0.2) is 9.37 Å². The van der Waals surface area contributed by atoms with E-state index in [-0.39, 0.29) is 5.82 Å². The van der Waals surface area contributed by atoms with Gasteiger partial charge in [-0.3, -0.25) is 0 Å². The second kappa shape index (κ2) is 7.99. The molecule has 0 aliphatic rings. The first-order valence-electron chi connectivity index (χ1n) is 6.37. The molecule has 1 aromatic heterocycles. The smallest absolute Gasteiger partial charge is 0.128 e. The monoisotopic (exact) mass is 292 g/mol. The van der Waals surface area contributed by atoms with Crippen molar-refractivity contribution >= 4 is 11.8 Å².